The summed E-state index contributed by atoms with van der Waals surface area (Å²) in [6.07, 6.45) is 4.80. The number of anilines is 1. The minimum atomic E-state index is 0.0196. The van der Waals surface area contributed by atoms with Crippen molar-refractivity contribution in [3.8, 4) is 0 Å². The lowest BCUT2D eigenvalue weighted by molar-refractivity contribution is -0.118. The van der Waals surface area contributed by atoms with Gasteiger partial charge in [-0.2, -0.15) is 0 Å². The van der Waals surface area contributed by atoms with Gasteiger partial charge in [-0.1, -0.05) is 31.4 Å². The molecule has 1 aliphatic heterocycles. The molecule has 1 aromatic carbocycles. The van der Waals surface area contributed by atoms with Crippen molar-refractivity contribution in [3.63, 3.8) is 0 Å². The summed E-state index contributed by atoms with van der Waals surface area (Å²) in [6.45, 7) is 2.30. The Labute approximate surface area is 113 Å². The zero-order valence-corrected chi connectivity index (χ0v) is 11.3. The normalized spacial score (nSPS) is 31.0. The molecule has 1 unspecified atom stereocenters. The van der Waals surface area contributed by atoms with Crippen LogP contribution in [-0.4, -0.2) is 5.91 Å². The van der Waals surface area contributed by atoms with Crippen LogP contribution < -0.4 is 5.32 Å². The van der Waals surface area contributed by atoms with Gasteiger partial charge in [-0.05, 0) is 48.4 Å². The summed E-state index contributed by atoms with van der Waals surface area (Å²) in [5.74, 6) is 1.48. The number of carbonyl (C=O) groups excluding carboxylic acids is 1. The number of nitrogens with one attached hydrogen (secondary N) is 1. The fraction of sp³-hybridized carbons (Fsp3) is 0.533. The van der Waals surface area contributed by atoms with E-state index >= 15 is 0 Å². The van der Waals surface area contributed by atoms with Crippen LogP contribution in [0.2, 0.25) is 5.02 Å². The quantitative estimate of drug-likeness (QED) is 0.808. The van der Waals surface area contributed by atoms with Gasteiger partial charge in [0, 0.05) is 10.7 Å². The Morgan fingerprint density at radius 2 is 1.94 bits per heavy atom. The van der Waals surface area contributed by atoms with Crippen molar-refractivity contribution in [1.29, 1.82) is 0 Å². The van der Waals surface area contributed by atoms with Crippen LogP contribution in [-0.2, 0) is 4.79 Å². The molecule has 3 heteroatoms. The first kappa shape index (κ1) is 12.0. The topological polar surface area (TPSA) is 29.1 Å². The zero-order chi connectivity index (χ0) is 12.7. The molecule has 0 aromatic heterocycles. The maximum Gasteiger partial charge on any atom is 0.232 e. The Balaban J connectivity index is 1.89. The fourth-order valence-electron chi connectivity index (χ4n) is 3.34. The number of amides is 1. The zero-order valence-electron chi connectivity index (χ0n) is 10.6. The van der Waals surface area contributed by atoms with Crippen LogP contribution >= 0.6 is 11.6 Å². The van der Waals surface area contributed by atoms with E-state index in [2.05, 4.69) is 12.2 Å². The Morgan fingerprint density at radius 1 is 1.22 bits per heavy atom. The molecule has 2 nitrogen and oxygen atoms in total. The third-order valence-electron chi connectivity index (χ3n) is 4.42. The monoisotopic (exact) mass is 263 g/mol. The molecule has 2 aliphatic rings. The van der Waals surface area contributed by atoms with E-state index in [4.69, 9.17) is 11.6 Å². The van der Waals surface area contributed by atoms with Crippen LogP contribution in [0.25, 0.3) is 0 Å². The van der Waals surface area contributed by atoms with Crippen molar-refractivity contribution >= 4 is 23.2 Å². The largest absolute Gasteiger partial charge is 0.325 e. The molecule has 96 valence electrons. The van der Waals surface area contributed by atoms with Crippen LogP contribution in [0.5, 0.6) is 0 Å². The van der Waals surface area contributed by atoms with Gasteiger partial charge in [0.2, 0.25) is 5.91 Å². The SMILES string of the molecule is CC1CCC(C2C(=O)Nc3ccc(Cl)cc32)CC1. The number of hydrogen-bond donors (Lipinski definition) is 1. The lowest BCUT2D eigenvalue weighted by atomic mass is 9.74. The summed E-state index contributed by atoms with van der Waals surface area (Å²) in [5.41, 5.74) is 2.06. The van der Waals surface area contributed by atoms with E-state index in [0.29, 0.717) is 5.92 Å². The molecule has 0 saturated heterocycles. The number of carbonyl (C=O) groups is 1. The van der Waals surface area contributed by atoms with E-state index in [1.54, 1.807) is 0 Å². The van der Waals surface area contributed by atoms with Gasteiger partial charge >= 0.3 is 0 Å². The first-order chi connectivity index (χ1) is 8.65. The van der Waals surface area contributed by atoms with Crippen LogP contribution in [0.4, 0.5) is 5.69 Å². The lowest BCUT2D eigenvalue weighted by Crippen LogP contribution is -2.24. The van der Waals surface area contributed by atoms with Gasteiger partial charge in [0.1, 0.15) is 0 Å². The predicted molar refractivity (Wildman–Crippen MR) is 73.9 cm³/mol. The Hall–Kier alpha value is -1.02. The van der Waals surface area contributed by atoms with Gasteiger partial charge in [0.25, 0.3) is 0 Å². The van der Waals surface area contributed by atoms with Gasteiger partial charge < -0.3 is 5.32 Å². The molecule has 0 radical (unpaired) electrons. The standard InChI is InChI=1S/C15H18ClNO/c1-9-2-4-10(5-3-9)14-12-8-11(16)6-7-13(12)17-15(14)18/h6-10,14H,2-5H2,1H3,(H,17,18). The number of halogens is 1. The Kier molecular flexibility index (Phi) is 3.06. The molecule has 0 bridgehead atoms. The second-order valence-corrected chi connectivity index (χ2v) is 6.15. The van der Waals surface area contributed by atoms with E-state index < -0.39 is 0 Å². The summed E-state index contributed by atoms with van der Waals surface area (Å²) < 4.78 is 0. The number of hydrogen-bond acceptors (Lipinski definition) is 1. The average Bonchev–Trinajstić information content (AvgIpc) is 2.66. The van der Waals surface area contributed by atoms with Gasteiger partial charge in [-0.3, -0.25) is 4.79 Å². The summed E-state index contributed by atoms with van der Waals surface area (Å²) in [5, 5.41) is 3.71. The van der Waals surface area contributed by atoms with E-state index in [0.717, 1.165) is 35.0 Å². The molecule has 1 fully saturated rings. The van der Waals surface area contributed by atoms with Crippen molar-refractivity contribution < 1.29 is 4.79 Å². The van der Waals surface area contributed by atoms with Crippen LogP contribution in [0, 0.1) is 11.8 Å². The summed E-state index contributed by atoms with van der Waals surface area (Å²) >= 11 is 6.06. The molecular weight excluding hydrogens is 246 g/mol. The molecule has 1 N–H and O–H groups in total. The van der Waals surface area contributed by atoms with Crippen LogP contribution in [0.1, 0.15) is 44.1 Å². The first-order valence-corrected chi connectivity index (χ1v) is 7.13. The molecule has 0 spiro atoms. The molecule has 1 atom stereocenters. The molecule has 18 heavy (non-hydrogen) atoms. The van der Waals surface area contributed by atoms with Crippen molar-refractivity contribution in [2.45, 2.75) is 38.5 Å². The summed E-state index contributed by atoms with van der Waals surface area (Å²) in [6, 6.07) is 5.71. The van der Waals surface area contributed by atoms with Crippen molar-refractivity contribution in [2.24, 2.45) is 11.8 Å². The van der Waals surface area contributed by atoms with Crippen LogP contribution in [0.15, 0.2) is 18.2 Å². The van der Waals surface area contributed by atoms with Crippen molar-refractivity contribution in [2.75, 3.05) is 5.32 Å². The highest BCUT2D eigenvalue weighted by molar-refractivity contribution is 6.31. The highest BCUT2D eigenvalue weighted by Crippen LogP contribution is 2.44. The lowest BCUT2D eigenvalue weighted by Gasteiger charge is -2.29. The highest BCUT2D eigenvalue weighted by atomic mass is 35.5. The maximum absolute atomic E-state index is 12.2. The smallest absolute Gasteiger partial charge is 0.232 e. The third kappa shape index (κ3) is 2.03. The first-order valence-electron chi connectivity index (χ1n) is 6.75. The Morgan fingerprint density at radius 3 is 2.67 bits per heavy atom. The van der Waals surface area contributed by atoms with Crippen LogP contribution in [0.3, 0.4) is 0 Å². The van der Waals surface area contributed by atoms with Crippen molar-refractivity contribution in [1.82, 2.24) is 0 Å². The molecule has 1 aromatic rings. The second-order valence-electron chi connectivity index (χ2n) is 5.72. The average molecular weight is 264 g/mol. The Bertz CT molecular complexity index is 477. The molecule has 1 amide bonds. The van der Waals surface area contributed by atoms with E-state index in [-0.39, 0.29) is 11.8 Å². The molecule has 1 heterocycles. The van der Waals surface area contributed by atoms with Crippen molar-refractivity contribution in [3.05, 3.63) is 28.8 Å². The van der Waals surface area contributed by atoms with E-state index in [1.165, 1.54) is 12.8 Å². The van der Waals surface area contributed by atoms with Gasteiger partial charge in [0.05, 0.1) is 5.92 Å². The molecular formula is C15H18ClNO. The third-order valence-corrected chi connectivity index (χ3v) is 4.66. The molecule has 1 saturated carbocycles. The summed E-state index contributed by atoms with van der Waals surface area (Å²) in [4.78, 5) is 12.2. The molecule has 3 rings (SSSR count). The highest BCUT2D eigenvalue weighted by Gasteiger charge is 2.38. The minimum Gasteiger partial charge on any atom is -0.325 e. The summed E-state index contributed by atoms with van der Waals surface area (Å²) in [7, 11) is 0. The van der Waals surface area contributed by atoms with Gasteiger partial charge in [-0.15, -0.1) is 0 Å². The fourth-order valence-corrected chi connectivity index (χ4v) is 3.52. The minimum absolute atomic E-state index is 0.0196. The van der Waals surface area contributed by atoms with E-state index in [9.17, 15) is 4.79 Å². The van der Waals surface area contributed by atoms with Gasteiger partial charge in [-0.25, -0.2) is 0 Å². The maximum atomic E-state index is 12.2. The van der Waals surface area contributed by atoms with E-state index in [1.807, 2.05) is 18.2 Å². The number of fused-ring (bicyclic) bond motifs is 1. The molecule has 1 aliphatic carbocycles. The number of rotatable bonds is 1. The van der Waals surface area contributed by atoms with Gasteiger partial charge in [0.15, 0.2) is 0 Å². The number of benzene rings is 1. The predicted octanol–water partition coefficient (Wildman–Crippen LogP) is 4.20. The second kappa shape index (κ2) is 4.58.